The minimum Gasteiger partial charge on any atom is -1.00 e. The van der Waals surface area contributed by atoms with E-state index in [-0.39, 0.29) is 17.0 Å². The fourth-order valence-corrected chi connectivity index (χ4v) is 12.0. The molecule has 0 unspecified atom stereocenters. The summed E-state index contributed by atoms with van der Waals surface area (Å²) in [6, 6.07) is 60.7. The molecular formula is C52H60BrO3P. The van der Waals surface area contributed by atoms with Gasteiger partial charge >= 0.3 is 0 Å². The lowest BCUT2D eigenvalue weighted by molar-refractivity contribution is -0.0000125. The molecule has 5 heteroatoms. The van der Waals surface area contributed by atoms with Crippen LogP contribution in [0, 0.1) is 0 Å². The van der Waals surface area contributed by atoms with Crippen LogP contribution >= 0.6 is 7.26 Å². The highest BCUT2D eigenvalue weighted by molar-refractivity contribution is 7.95. The minimum absolute atomic E-state index is 0. The van der Waals surface area contributed by atoms with Crippen LogP contribution < -0.4 is 42.4 Å². The van der Waals surface area contributed by atoms with Gasteiger partial charge in [0.1, 0.15) is 36.4 Å². The third-order valence-electron chi connectivity index (χ3n) is 10.6. The third kappa shape index (κ3) is 14.0. The summed E-state index contributed by atoms with van der Waals surface area (Å²) >= 11 is 0. The first kappa shape index (κ1) is 43.9. The zero-order valence-corrected chi connectivity index (χ0v) is 36.0. The van der Waals surface area contributed by atoms with E-state index < -0.39 is 7.26 Å². The molecule has 0 aliphatic rings. The normalized spacial score (nSPS) is 11.2. The Morgan fingerprint density at radius 3 is 1.23 bits per heavy atom. The molecule has 0 spiro atoms. The van der Waals surface area contributed by atoms with E-state index in [1.807, 2.05) is 42.5 Å². The van der Waals surface area contributed by atoms with Crippen molar-refractivity contribution in [3.8, 4) is 11.5 Å². The van der Waals surface area contributed by atoms with Gasteiger partial charge in [-0.1, -0.05) is 166 Å². The fourth-order valence-electron chi connectivity index (χ4n) is 7.55. The molecule has 57 heavy (non-hydrogen) atoms. The minimum atomic E-state index is -1.70. The maximum Gasteiger partial charge on any atom is 0.161 e. The standard InChI is InChI=1S/C52H60O3P.BrH/c1(2-4-6-8-25-41-56(48-30-18-11-19-31-48,49-32-20-12-21-33-49)50-34-22-13-23-35-50)3-5-7-24-39-53-40-38-45-36-37-51(54-43-46-26-14-9-15-27-46)52(42-45)55-44-47-28-16-10-17-29-47;/h9-23,26-37,42H,1-8,24-25,38-41,43-44H2;1H/q+1;/p-1. The monoisotopic (exact) mass is 842 g/mol. The van der Waals surface area contributed by atoms with Crippen molar-refractivity contribution in [2.75, 3.05) is 19.4 Å². The van der Waals surface area contributed by atoms with Crippen LogP contribution in [0.5, 0.6) is 11.5 Å². The van der Waals surface area contributed by atoms with Crippen molar-refractivity contribution in [1.29, 1.82) is 0 Å². The Morgan fingerprint density at radius 1 is 0.351 bits per heavy atom. The Morgan fingerprint density at radius 2 is 0.754 bits per heavy atom. The van der Waals surface area contributed by atoms with Crippen molar-refractivity contribution >= 4 is 23.2 Å². The molecule has 0 heterocycles. The Hall–Kier alpha value is -4.21. The SMILES string of the molecule is [Br-].c1ccc(COc2ccc(CCOCCCCCCCCCCCC[P+](c3ccccc3)(c3ccccc3)c3ccccc3)cc2OCc2ccccc2)cc1. The van der Waals surface area contributed by atoms with Gasteiger partial charge in [-0.2, -0.15) is 0 Å². The summed E-state index contributed by atoms with van der Waals surface area (Å²) in [5.41, 5.74) is 3.47. The van der Waals surface area contributed by atoms with Crippen LogP contribution in [0.2, 0.25) is 0 Å². The highest BCUT2D eigenvalue weighted by atomic mass is 79.9. The van der Waals surface area contributed by atoms with Gasteiger partial charge in [0.25, 0.3) is 0 Å². The second kappa shape index (κ2) is 25.2. The molecule has 0 amide bonds. The summed E-state index contributed by atoms with van der Waals surface area (Å²) < 4.78 is 18.5. The van der Waals surface area contributed by atoms with E-state index in [4.69, 9.17) is 14.2 Å². The van der Waals surface area contributed by atoms with Gasteiger partial charge < -0.3 is 31.2 Å². The quantitative estimate of drug-likeness (QED) is 0.0425. The molecule has 6 aromatic rings. The predicted octanol–water partition coefficient (Wildman–Crippen LogP) is 9.30. The molecule has 6 aromatic carbocycles. The smallest absolute Gasteiger partial charge is 0.161 e. The molecule has 0 aliphatic heterocycles. The van der Waals surface area contributed by atoms with E-state index in [1.54, 1.807) is 0 Å². The Bertz CT molecular complexity index is 1830. The van der Waals surface area contributed by atoms with Gasteiger partial charge in [-0.3, -0.25) is 0 Å². The van der Waals surface area contributed by atoms with Crippen molar-refractivity contribution in [1.82, 2.24) is 0 Å². The predicted molar refractivity (Wildman–Crippen MR) is 239 cm³/mol. The van der Waals surface area contributed by atoms with E-state index in [1.165, 1.54) is 85.4 Å². The molecule has 0 aromatic heterocycles. The van der Waals surface area contributed by atoms with Crippen molar-refractivity contribution < 1.29 is 31.2 Å². The van der Waals surface area contributed by atoms with Crippen LogP contribution in [0.1, 0.15) is 80.9 Å². The number of halogens is 1. The van der Waals surface area contributed by atoms with E-state index in [9.17, 15) is 0 Å². The number of benzene rings is 6. The first-order valence-corrected chi connectivity index (χ1v) is 22.9. The lowest BCUT2D eigenvalue weighted by Crippen LogP contribution is -3.00. The summed E-state index contributed by atoms with van der Waals surface area (Å²) in [4.78, 5) is 0. The number of rotatable bonds is 25. The van der Waals surface area contributed by atoms with Crippen molar-refractivity contribution in [2.45, 2.75) is 83.8 Å². The fraction of sp³-hybridized carbons (Fsp3) is 0.308. The molecule has 0 radical (unpaired) electrons. The zero-order valence-electron chi connectivity index (χ0n) is 33.5. The Kier molecular flexibility index (Phi) is 19.4. The third-order valence-corrected chi connectivity index (χ3v) is 15.2. The number of hydrogen-bond acceptors (Lipinski definition) is 3. The average molecular weight is 844 g/mol. The van der Waals surface area contributed by atoms with Crippen LogP contribution in [-0.4, -0.2) is 19.4 Å². The molecule has 0 bridgehead atoms. The zero-order chi connectivity index (χ0) is 38.4. The van der Waals surface area contributed by atoms with Crippen LogP contribution in [-0.2, 0) is 24.4 Å². The molecule has 0 saturated heterocycles. The molecule has 3 nitrogen and oxygen atoms in total. The van der Waals surface area contributed by atoms with Crippen LogP contribution in [0.4, 0.5) is 0 Å². The van der Waals surface area contributed by atoms with E-state index in [2.05, 4.69) is 127 Å². The molecule has 298 valence electrons. The molecule has 6 rings (SSSR count). The second-order valence-corrected chi connectivity index (χ2v) is 18.4. The van der Waals surface area contributed by atoms with Gasteiger partial charge in [0.2, 0.25) is 0 Å². The van der Waals surface area contributed by atoms with E-state index in [0.717, 1.165) is 42.1 Å². The highest BCUT2D eigenvalue weighted by Crippen LogP contribution is 2.56. The van der Waals surface area contributed by atoms with Gasteiger partial charge in [0.15, 0.2) is 11.5 Å². The lowest BCUT2D eigenvalue weighted by atomic mass is 10.1. The van der Waals surface area contributed by atoms with Crippen LogP contribution in [0.15, 0.2) is 170 Å². The Labute approximate surface area is 353 Å². The maximum atomic E-state index is 6.27. The summed E-state index contributed by atoms with van der Waals surface area (Å²) in [5, 5.41) is 4.49. The van der Waals surface area contributed by atoms with Crippen molar-refractivity contribution in [2.24, 2.45) is 0 Å². The largest absolute Gasteiger partial charge is 1.00 e. The summed E-state index contributed by atoms with van der Waals surface area (Å²) in [7, 11) is -1.70. The number of ether oxygens (including phenoxy) is 3. The van der Waals surface area contributed by atoms with E-state index in [0.29, 0.717) is 19.8 Å². The Balaban J connectivity index is 0.00000620. The summed E-state index contributed by atoms with van der Waals surface area (Å²) in [6.07, 6.45) is 15.0. The van der Waals surface area contributed by atoms with Crippen LogP contribution in [0.25, 0.3) is 0 Å². The van der Waals surface area contributed by atoms with E-state index >= 15 is 0 Å². The molecule has 0 saturated carbocycles. The van der Waals surface area contributed by atoms with Crippen LogP contribution in [0.3, 0.4) is 0 Å². The highest BCUT2D eigenvalue weighted by Gasteiger charge is 2.44. The molecule has 0 aliphatic carbocycles. The summed E-state index contributed by atoms with van der Waals surface area (Å²) in [6.45, 7) is 2.55. The van der Waals surface area contributed by atoms with Gasteiger partial charge in [0, 0.05) is 6.61 Å². The van der Waals surface area contributed by atoms with Crippen molar-refractivity contribution in [3.63, 3.8) is 0 Å². The van der Waals surface area contributed by atoms with Gasteiger partial charge in [-0.15, -0.1) is 0 Å². The summed E-state index contributed by atoms with van der Waals surface area (Å²) in [5.74, 6) is 1.54. The topological polar surface area (TPSA) is 27.7 Å². The molecular weight excluding hydrogens is 783 g/mol. The van der Waals surface area contributed by atoms with Crippen molar-refractivity contribution in [3.05, 3.63) is 187 Å². The van der Waals surface area contributed by atoms with Gasteiger partial charge in [-0.25, -0.2) is 0 Å². The second-order valence-electron chi connectivity index (χ2n) is 14.8. The van der Waals surface area contributed by atoms with Gasteiger partial charge in [-0.05, 0) is 90.9 Å². The first-order valence-electron chi connectivity index (χ1n) is 20.9. The lowest BCUT2D eigenvalue weighted by Gasteiger charge is -2.27. The number of hydrogen-bond donors (Lipinski definition) is 0. The maximum absolute atomic E-state index is 6.27. The molecule has 0 N–H and O–H groups in total. The average Bonchev–Trinajstić information content (AvgIpc) is 3.27. The molecule has 0 fully saturated rings. The van der Waals surface area contributed by atoms with Gasteiger partial charge in [0.05, 0.1) is 12.8 Å². The molecule has 0 atom stereocenters. The first-order chi connectivity index (χ1) is 27.8. The number of unbranched alkanes of at least 4 members (excludes halogenated alkanes) is 9.